The standard InChI is InChI=1S/C20H17ClFN3O6/c21-13-5-6-15(22)14(7-13)12-3-1-11(2-4-12)9-25(10-16(26)20(29)30)23-19(28)17-8-18(27)24-31-17/h1-8,16,26H,9-10H2,(H,23,28)(H,24,27)(H,29,30). The lowest BCUT2D eigenvalue weighted by molar-refractivity contribution is -0.148. The number of halogens is 2. The summed E-state index contributed by atoms with van der Waals surface area (Å²) in [6.07, 6.45) is -1.78. The van der Waals surface area contributed by atoms with Crippen LogP contribution in [0.3, 0.4) is 0 Å². The van der Waals surface area contributed by atoms with Crippen molar-refractivity contribution >= 4 is 23.5 Å². The molecule has 0 bridgehead atoms. The first-order valence-electron chi connectivity index (χ1n) is 8.92. The van der Waals surface area contributed by atoms with Crippen LogP contribution in [0.25, 0.3) is 11.1 Å². The number of aliphatic carboxylic acids is 1. The summed E-state index contributed by atoms with van der Waals surface area (Å²) in [6, 6.07) is 11.7. The number of carbonyl (C=O) groups is 2. The van der Waals surface area contributed by atoms with Gasteiger partial charge in [-0.1, -0.05) is 35.9 Å². The van der Waals surface area contributed by atoms with Gasteiger partial charge in [0.05, 0.1) is 12.6 Å². The fourth-order valence-corrected chi connectivity index (χ4v) is 2.93. The highest BCUT2D eigenvalue weighted by Crippen LogP contribution is 2.26. The summed E-state index contributed by atoms with van der Waals surface area (Å²) >= 11 is 5.93. The zero-order valence-electron chi connectivity index (χ0n) is 15.8. The molecule has 4 N–H and O–H groups in total. The number of hydrogen-bond acceptors (Lipinski definition) is 6. The molecule has 0 aliphatic rings. The largest absolute Gasteiger partial charge is 0.479 e. The van der Waals surface area contributed by atoms with Crippen LogP contribution in [-0.4, -0.2) is 44.9 Å². The van der Waals surface area contributed by atoms with Crippen molar-refractivity contribution in [3.63, 3.8) is 0 Å². The Bertz CT molecular complexity index is 1140. The van der Waals surface area contributed by atoms with Crippen molar-refractivity contribution in [3.8, 4) is 11.1 Å². The lowest BCUT2D eigenvalue weighted by Gasteiger charge is -2.24. The number of hydrogen-bond donors (Lipinski definition) is 4. The molecule has 0 saturated carbocycles. The molecular formula is C20H17ClFN3O6. The highest BCUT2D eigenvalue weighted by molar-refractivity contribution is 6.30. The van der Waals surface area contributed by atoms with Crippen LogP contribution in [0.5, 0.6) is 0 Å². The maximum Gasteiger partial charge on any atom is 0.333 e. The molecule has 9 nitrogen and oxygen atoms in total. The van der Waals surface area contributed by atoms with E-state index in [0.29, 0.717) is 21.7 Å². The number of carboxylic acid groups (broad SMARTS) is 1. The fraction of sp³-hybridized carbons (Fsp3) is 0.150. The lowest BCUT2D eigenvalue weighted by atomic mass is 10.0. The van der Waals surface area contributed by atoms with E-state index in [4.69, 9.17) is 21.2 Å². The molecule has 1 unspecified atom stereocenters. The van der Waals surface area contributed by atoms with Gasteiger partial charge in [0.25, 0.3) is 5.56 Å². The number of carboxylic acids is 1. The molecule has 0 saturated heterocycles. The molecule has 162 valence electrons. The number of nitrogens with one attached hydrogen (secondary N) is 2. The summed E-state index contributed by atoms with van der Waals surface area (Å²) < 4.78 is 18.8. The third-order valence-electron chi connectivity index (χ3n) is 4.25. The topological polar surface area (TPSA) is 136 Å². The van der Waals surface area contributed by atoms with Crippen molar-refractivity contribution in [1.82, 2.24) is 15.6 Å². The maximum atomic E-state index is 14.1. The number of rotatable bonds is 8. The molecule has 3 rings (SSSR count). The number of benzene rings is 2. The summed E-state index contributed by atoms with van der Waals surface area (Å²) in [5, 5.41) is 22.2. The minimum absolute atomic E-state index is 0.00302. The van der Waals surface area contributed by atoms with Gasteiger partial charge in [-0.3, -0.25) is 15.0 Å². The molecule has 11 heteroatoms. The second-order valence-electron chi connectivity index (χ2n) is 6.57. The number of H-pyrrole nitrogens is 1. The molecule has 2 aromatic carbocycles. The van der Waals surface area contributed by atoms with Crippen molar-refractivity contribution < 1.29 is 28.7 Å². The second-order valence-corrected chi connectivity index (χ2v) is 7.01. The Kier molecular flexibility index (Phi) is 6.85. The summed E-state index contributed by atoms with van der Waals surface area (Å²) in [5.41, 5.74) is 3.27. The summed E-state index contributed by atoms with van der Waals surface area (Å²) in [7, 11) is 0. The van der Waals surface area contributed by atoms with Gasteiger partial charge in [0.15, 0.2) is 6.10 Å². The van der Waals surface area contributed by atoms with Gasteiger partial charge in [0.2, 0.25) is 5.76 Å². The van der Waals surface area contributed by atoms with Crippen LogP contribution in [0, 0.1) is 5.82 Å². The normalized spacial score (nSPS) is 12.0. The molecule has 0 spiro atoms. The van der Waals surface area contributed by atoms with Gasteiger partial charge in [-0.25, -0.2) is 14.2 Å². The first-order valence-corrected chi connectivity index (χ1v) is 9.30. The van der Waals surface area contributed by atoms with Crippen LogP contribution in [0.2, 0.25) is 5.02 Å². The Morgan fingerprint density at radius 2 is 1.90 bits per heavy atom. The number of carbonyl (C=O) groups excluding carboxylic acids is 1. The molecule has 1 aromatic heterocycles. The van der Waals surface area contributed by atoms with Crippen LogP contribution in [0.1, 0.15) is 16.1 Å². The number of aliphatic hydroxyl groups excluding tert-OH is 1. The molecule has 0 radical (unpaired) electrons. The SMILES string of the molecule is O=C(NN(Cc1ccc(-c2cc(Cl)ccc2F)cc1)CC(O)C(=O)O)c1cc(=O)[nH]o1. The van der Waals surface area contributed by atoms with Crippen molar-refractivity contribution in [2.75, 3.05) is 6.54 Å². The quantitative estimate of drug-likeness (QED) is 0.386. The highest BCUT2D eigenvalue weighted by Gasteiger charge is 2.22. The van der Waals surface area contributed by atoms with Crippen LogP contribution >= 0.6 is 11.6 Å². The Labute approximate surface area is 179 Å². The minimum atomic E-state index is -1.78. The predicted octanol–water partition coefficient (Wildman–Crippen LogP) is 2.02. The Hall–Kier alpha value is -3.47. The number of nitrogens with zero attached hydrogens (tertiary/aromatic N) is 1. The van der Waals surface area contributed by atoms with E-state index in [1.807, 2.05) is 5.16 Å². The monoisotopic (exact) mass is 449 g/mol. The highest BCUT2D eigenvalue weighted by atomic mass is 35.5. The Balaban J connectivity index is 1.78. The molecule has 31 heavy (non-hydrogen) atoms. The van der Waals surface area contributed by atoms with Gasteiger partial charge < -0.3 is 14.7 Å². The van der Waals surface area contributed by atoms with E-state index in [2.05, 4.69) is 5.43 Å². The Morgan fingerprint density at radius 1 is 1.19 bits per heavy atom. The van der Waals surface area contributed by atoms with E-state index in [9.17, 15) is 23.9 Å². The number of aromatic nitrogens is 1. The van der Waals surface area contributed by atoms with E-state index in [-0.39, 0.29) is 12.3 Å². The third-order valence-corrected chi connectivity index (χ3v) is 4.49. The average Bonchev–Trinajstić information content (AvgIpc) is 3.17. The van der Waals surface area contributed by atoms with Gasteiger partial charge in [-0.2, -0.15) is 5.16 Å². The lowest BCUT2D eigenvalue weighted by Crippen LogP contribution is -2.47. The van der Waals surface area contributed by atoms with Crippen LogP contribution < -0.4 is 11.0 Å². The van der Waals surface area contributed by atoms with Gasteiger partial charge in [-0.15, -0.1) is 0 Å². The molecule has 0 aliphatic heterocycles. The number of hydrazine groups is 1. The average molecular weight is 450 g/mol. The zero-order valence-corrected chi connectivity index (χ0v) is 16.6. The fourth-order valence-electron chi connectivity index (χ4n) is 2.76. The molecule has 1 atom stereocenters. The first-order chi connectivity index (χ1) is 14.7. The molecule has 3 aromatic rings. The van der Waals surface area contributed by atoms with Gasteiger partial charge in [-0.05, 0) is 29.3 Å². The molecule has 0 aliphatic carbocycles. The van der Waals surface area contributed by atoms with E-state index < -0.39 is 35.9 Å². The van der Waals surface area contributed by atoms with Gasteiger partial charge in [0, 0.05) is 17.1 Å². The van der Waals surface area contributed by atoms with E-state index in [0.717, 1.165) is 11.1 Å². The van der Waals surface area contributed by atoms with Crippen LogP contribution in [0.15, 0.2) is 57.8 Å². The minimum Gasteiger partial charge on any atom is -0.479 e. The molecular weight excluding hydrogens is 433 g/mol. The van der Waals surface area contributed by atoms with Crippen LogP contribution in [-0.2, 0) is 11.3 Å². The van der Waals surface area contributed by atoms with Gasteiger partial charge in [0.1, 0.15) is 5.82 Å². The number of amides is 1. The van der Waals surface area contributed by atoms with Gasteiger partial charge >= 0.3 is 11.9 Å². The third kappa shape index (κ3) is 5.79. The molecule has 0 fully saturated rings. The first kappa shape index (κ1) is 22.2. The summed E-state index contributed by atoms with van der Waals surface area (Å²) in [6.45, 7) is -0.441. The zero-order chi connectivity index (χ0) is 22.5. The van der Waals surface area contributed by atoms with Crippen molar-refractivity contribution in [1.29, 1.82) is 0 Å². The molecule has 1 amide bonds. The van der Waals surface area contributed by atoms with Crippen molar-refractivity contribution in [3.05, 3.63) is 81.0 Å². The smallest absolute Gasteiger partial charge is 0.333 e. The van der Waals surface area contributed by atoms with E-state index in [1.165, 1.54) is 18.2 Å². The van der Waals surface area contributed by atoms with Crippen molar-refractivity contribution in [2.45, 2.75) is 12.6 Å². The summed E-state index contributed by atoms with van der Waals surface area (Å²) in [4.78, 5) is 34.4. The van der Waals surface area contributed by atoms with Crippen LogP contribution in [0.4, 0.5) is 4.39 Å². The van der Waals surface area contributed by atoms with E-state index >= 15 is 0 Å². The summed E-state index contributed by atoms with van der Waals surface area (Å²) in [5.74, 6) is -3.04. The maximum absolute atomic E-state index is 14.1. The van der Waals surface area contributed by atoms with Crippen molar-refractivity contribution in [2.24, 2.45) is 0 Å². The number of aliphatic hydroxyl groups is 1. The number of aromatic amines is 1. The second kappa shape index (κ2) is 9.56. The predicted molar refractivity (Wildman–Crippen MR) is 108 cm³/mol. The van der Waals surface area contributed by atoms with E-state index in [1.54, 1.807) is 24.3 Å². The Morgan fingerprint density at radius 3 is 2.52 bits per heavy atom. The molecule has 1 heterocycles.